The summed E-state index contributed by atoms with van der Waals surface area (Å²) in [5, 5.41) is 8.26. The average molecular weight is 273 g/mol. The molecule has 1 heterocycles. The van der Waals surface area contributed by atoms with E-state index in [2.05, 4.69) is 30.1 Å². The first-order valence-corrected chi connectivity index (χ1v) is 6.62. The number of hydrogen-bond acceptors (Lipinski definition) is 1. The summed E-state index contributed by atoms with van der Waals surface area (Å²) in [7, 11) is 0. The SMILES string of the molecule is C/C=C\C=C(/C)c1n[nH]c(-c2ccc(Cl)cc2)c1C. The van der Waals surface area contributed by atoms with Crippen LogP contribution in [-0.4, -0.2) is 10.2 Å². The zero-order valence-electron chi connectivity index (χ0n) is 11.4. The van der Waals surface area contributed by atoms with Gasteiger partial charge in [0.1, 0.15) is 0 Å². The van der Waals surface area contributed by atoms with Crippen LogP contribution in [0.2, 0.25) is 5.02 Å². The fourth-order valence-corrected chi connectivity index (χ4v) is 2.12. The van der Waals surface area contributed by atoms with Crippen molar-refractivity contribution in [1.29, 1.82) is 0 Å². The highest BCUT2D eigenvalue weighted by atomic mass is 35.5. The van der Waals surface area contributed by atoms with E-state index in [0.29, 0.717) is 0 Å². The third-order valence-corrected chi connectivity index (χ3v) is 3.31. The summed E-state index contributed by atoms with van der Waals surface area (Å²) in [5.41, 5.74) is 5.44. The molecule has 0 unspecified atom stereocenters. The fraction of sp³-hybridized carbons (Fsp3) is 0.188. The Balaban J connectivity index is 2.40. The molecule has 19 heavy (non-hydrogen) atoms. The Hall–Kier alpha value is -1.80. The summed E-state index contributed by atoms with van der Waals surface area (Å²) in [6.45, 7) is 6.14. The van der Waals surface area contributed by atoms with Crippen LogP contribution in [-0.2, 0) is 0 Å². The smallest absolute Gasteiger partial charge is 0.0913 e. The van der Waals surface area contributed by atoms with Crippen molar-refractivity contribution in [2.45, 2.75) is 20.8 Å². The number of allylic oxidation sites excluding steroid dienone is 4. The number of hydrogen-bond donors (Lipinski definition) is 1. The van der Waals surface area contributed by atoms with E-state index in [1.807, 2.05) is 43.3 Å². The maximum atomic E-state index is 5.91. The molecule has 0 aliphatic carbocycles. The third kappa shape index (κ3) is 2.96. The molecule has 0 aliphatic rings. The van der Waals surface area contributed by atoms with E-state index >= 15 is 0 Å². The highest BCUT2D eigenvalue weighted by Crippen LogP contribution is 2.27. The number of aromatic nitrogens is 2. The van der Waals surface area contributed by atoms with Gasteiger partial charge in [-0.2, -0.15) is 5.10 Å². The molecule has 0 saturated heterocycles. The molecular weight excluding hydrogens is 256 g/mol. The van der Waals surface area contributed by atoms with Gasteiger partial charge in [0.2, 0.25) is 0 Å². The molecule has 2 nitrogen and oxygen atoms in total. The minimum absolute atomic E-state index is 0.741. The topological polar surface area (TPSA) is 28.7 Å². The maximum Gasteiger partial charge on any atom is 0.0913 e. The van der Waals surface area contributed by atoms with Crippen LogP contribution in [0.4, 0.5) is 0 Å². The van der Waals surface area contributed by atoms with Crippen molar-refractivity contribution < 1.29 is 0 Å². The number of aromatic amines is 1. The Morgan fingerprint density at radius 3 is 2.58 bits per heavy atom. The molecule has 0 spiro atoms. The number of halogens is 1. The lowest BCUT2D eigenvalue weighted by atomic mass is 10.0. The van der Waals surface area contributed by atoms with Gasteiger partial charge in [0.05, 0.1) is 11.4 Å². The van der Waals surface area contributed by atoms with Gasteiger partial charge in [0, 0.05) is 10.6 Å². The first-order chi connectivity index (χ1) is 9.13. The van der Waals surface area contributed by atoms with Crippen LogP contribution < -0.4 is 0 Å². The first kappa shape index (κ1) is 13.6. The van der Waals surface area contributed by atoms with Crippen LogP contribution in [0.1, 0.15) is 25.1 Å². The van der Waals surface area contributed by atoms with Gasteiger partial charge < -0.3 is 0 Å². The molecule has 1 N–H and O–H groups in total. The molecule has 0 fully saturated rings. The van der Waals surface area contributed by atoms with Gasteiger partial charge in [0.15, 0.2) is 0 Å². The molecular formula is C16H17ClN2. The van der Waals surface area contributed by atoms with Crippen LogP contribution in [0.3, 0.4) is 0 Å². The molecule has 0 radical (unpaired) electrons. The molecule has 98 valence electrons. The van der Waals surface area contributed by atoms with Crippen LogP contribution in [0, 0.1) is 6.92 Å². The van der Waals surface area contributed by atoms with E-state index in [9.17, 15) is 0 Å². The van der Waals surface area contributed by atoms with E-state index in [4.69, 9.17) is 11.6 Å². The predicted octanol–water partition coefficient (Wildman–Crippen LogP) is 5.02. The molecule has 2 aromatic rings. The number of nitrogens with zero attached hydrogens (tertiary/aromatic N) is 1. The molecule has 0 amide bonds. The van der Waals surface area contributed by atoms with Crippen molar-refractivity contribution >= 4 is 17.2 Å². The molecule has 1 aromatic carbocycles. The van der Waals surface area contributed by atoms with Crippen molar-refractivity contribution in [3.8, 4) is 11.3 Å². The lowest BCUT2D eigenvalue weighted by Crippen LogP contribution is -1.84. The highest BCUT2D eigenvalue weighted by molar-refractivity contribution is 6.30. The summed E-state index contributed by atoms with van der Waals surface area (Å²) in [5.74, 6) is 0. The zero-order chi connectivity index (χ0) is 13.8. The lowest BCUT2D eigenvalue weighted by molar-refractivity contribution is 1.08. The summed E-state index contributed by atoms with van der Waals surface area (Å²) in [6.07, 6.45) is 6.09. The van der Waals surface area contributed by atoms with Crippen LogP contribution in [0.15, 0.2) is 42.5 Å². The maximum absolute atomic E-state index is 5.91. The minimum atomic E-state index is 0.741. The summed E-state index contributed by atoms with van der Waals surface area (Å²) in [4.78, 5) is 0. The van der Waals surface area contributed by atoms with Crippen molar-refractivity contribution in [1.82, 2.24) is 10.2 Å². The normalized spacial score (nSPS) is 12.3. The van der Waals surface area contributed by atoms with Crippen molar-refractivity contribution in [2.75, 3.05) is 0 Å². The third-order valence-electron chi connectivity index (χ3n) is 3.05. The van der Waals surface area contributed by atoms with E-state index in [1.54, 1.807) is 0 Å². The predicted molar refractivity (Wildman–Crippen MR) is 82.2 cm³/mol. The Bertz CT molecular complexity index is 619. The van der Waals surface area contributed by atoms with Crippen LogP contribution >= 0.6 is 11.6 Å². The van der Waals surface area contributed by atoms with Gasteiger partial charge in [-0.25, -0.2) is 0 Å². The van der Waals surface area contributed by atoms with Gasteiger partial charge in [-0.1, -0.05) is 42.0 Å². The molecule has 0 bridgehead atoms. The molecule has 1 aromatic heterocycles. The Morgan fingerprint density at radius 2 is 1.95 bits per heavy atom. The highest BCUT2D eigenvalue weighted by Gasteiger charge is 2.11. The lowest BCUT2D eigenvalue weighted by Gasteiger charge is -2.01. The average Bonchev–Trinajstić information content (AvgIpc) is 2.79. The number of nitrogens with one attached hydrogen (secondary N) is 1. The van der Waals surface area contributed by atoms with Gasteiger partial charge in [-0.3, -0.25) is 5.10 Å². The molecule has 2 rings (SSSR count). The van der Waals surface area contributed by atoms with Gasteiger partial charge in [-0.05, 0) is 44.0 Å². The van der Waals surface area contributed by atoms with E-state index in [-0.39, 0.29) is 0 Å². The Morgan fingerprint density at radius 1 is 1.26 bits per heavy atom. The first-order valence-electron chi connectivity index (χ1n) is 6.24. The second-order valence-corrected chi connectivity index (χ2v) is 4.89. The van der Waals surface area contributed by atoms with E-state index < -0.39 is 0 Å². The Labute approximate surface area is 118 Å². The van der Waals surface area contributed by atoms with Crippen LogP contribution in [0.5, 0.6) is 0 Å². The van der Waals surface area contributed by atoms with E-state index in [1.165, 1.54) is 0 Å². The van der Waals surface area contributed by atoms with E-state index in [0.717, 1.165) is 33.1 Å². The largest absolute Gasteiger partial charge is 0.277 e. The number of rotatable bonds is 3. The van der Waals surface area contributed by atoms with Crippen molar-refractivity contribution in [3.63, 3.8) is 0 Å². The second kappa shape index (κ2) is 5.89. The molecule has 0 atom stereocenters. The van der Waals surface area contributed by atoms with Crippen molar-refractivity contribution in [3.05, 3.63) is 58.8 Å². The summed E-state index contributed by atoms with van der Waals surface area (Å²) >= 11 is 5.91. The van der Waals surface area contributed by atoms with Crippen LogP contribution in [0.25, 0.3) is 16.8 Å². The second-order valence-electron chi connectivity index (χ2n) is 4.45. The standard InChI is InChI=1S/C16H17ClN2/c1-4-5-6-11(2)15-12(3)16(19-18-15)13-7-9-14(17)10-8-13/h4-10H,1-3H3,(H,18,19)/b5-4-,11-6+. The Kier molecular flexibility index (Phi) is 4.23. The van der Waals surface area contributed by atoms with Gasteiger partial charge in [0.25, 0.3) is 0 Å². The molecule has 0 saturated carbocycles. The van der Waals surface area contributed by atoms with Gasteiger partial charge in [-0.15, -0.1) is 0 Å². The quantitative estimate of drug-likeness (QED) is 0.781. The minimum Gasteiger partial charge on any atom is -0.277 e. The number of benzene rings is 1. The number of H-pyrrole nitrogens is 1. The van der Waals surface area contributed by atoms with Crippen molar-refractivity contribution in [2.24, 2.45) is 0 Å². The monoisotopic (exact) mass is 272 g/mol. The van der Waals surface area contributed by atoms with Gasteiger partial charge >= 0.3 is 0 Å². The fourth-order valence-electron chi connectivity index (χ4n) is 2.00. The molecule has 3 heteroatoms. The summed E-state index contributed by atoms with van der Waals surface area (Å²) < 4.78 is 0. The molecule has 0 aliphatic heterocycles. The summed E-state index contributed by atoms with van der Waals surface area (Å²) in [6, 6.07) is 7.77. The zero-order valence-corrected chi connectivity index (χ0v) is 12.1.